The first-order valence-electron chi connectivity index (χ1n) is 7.17. The molecule has 0 amide bonds. The van der Waals surface area contributed by atoms with E-state index in [1.165, 1.54) is 6.42 Å². The minimum Gasteiger partial charge on any atom is -0.434 e. The van der Waals surface area contributed by atoms with Gasteiger partial charge >= 0.3 is 6.61 Å². The summed E-state index contributed by atoms with van der Waals surface area (Å²) in [5.41, 5.74) is 6.48. The molecule has 1 aliphatic rings. The Morgan fingerprint density at radius 2 is 2.10 bits per heavy atom. The molecule has 1 unspecified atom stereocenters. The molecule has 112 valence electrons. The number of piperidine rings is 1. The highest BCUT2D eigenvalue weighted by Crippen LogP contribution is 2.26. The number of rotatable bonds is 6. The Morgan fingerprint density at radius 3 is 2.85 bits per heavy atom. The molecule has 1 aromatic rings. The van der Waals surface area contributed by atoms with E-state index in [9.17, 15) is 8.78 Å². The highest BCUT2D eigenvalue weighted by molar-refractivity contribution is 5.33. The third-order valence-electron chi connectivity index (χ3n) is 3.81. The largest absolute Gasteiger partial charge is 0.434 e. The van der Waals surface area contributed by atoms with Crippen molar-refractivity contribution in [3.8, 4) is 5.75 Å². The van der Waals surface area contributed by atoms with E-state index < -0.39 is 6.61 Å². The fourth-order valence-corrected chi connectivity index (χ4v) is 2.85. The van der Waals surface area contributed by atoms with Gasteiger partial charge in [-0.1, -0.05) is 24.6 Å². The van der Waals surface area contributed by atoms with Crippen LogP contribution in [0.5, 0.6) is 5.75 Å². The zero-order chi connectivity index (χ0) is 14.4. The van der Waals surface area contributed by atoms with Gasteiger partial charge in [0.05, 0.1) is 0 Å². The van der Waals surface area contributed by atoms with Gasteiger partial charge in [0.25, 0.3) is 0 Å². The lowest BCUT2D eigenvalue weighted by Crippen LogP contribution is -2.40. The van der Waals surface area contributed by atoms with E-state index in [-0.39, 0.29) is 5.75 Å². The first-order valence-corrected chi connectivity index (χ1v) is 7.17. The van der Waals surface area contributed by atoms with E-state index in [0.29, 0.717) is 19.1 Å². The first kappa shape index (κ1) is 15.2. The van der Waals surface area contributed by atoms with Gasteiger partial charge in [0.15, 0.2) is 0 Å². The molecule has 1 aromatic carbocycles. The third-order valence-corrected chi connectivity index (χ3v) is 3.81. The van der Waals surface area contributed by atoms with Gasteiger partial charge in [-0.05, 0) is 38.4 Å². The summed E-state index contributed by atoms with van der Waals surface area (Å²) < 4.78 is 29.4. The molecule has 1 atom stereocenters. The van der Waals surface area contributed by atoms with Gasteiger partial charge in [0.1, 0.15) is 5.75 Å². The van der Waals surface area contributed by atoms with Crippen LogP contribution in [-0.4, -0.2) is 30.6 Å². The average Bonchev–Trinajstić information content (AvgIpc) is 2.43. The molecule has 1 heterocycles. The van der Waals surface area contributed by atoms with Gasteiger partial charge in [-0.2, -0.15) is 8.78 Å². The Kier molecular flexibility index (Phi) is 5.73. The van der Waals surface area contributed by atoms with Gasteiger partial charge in [-0.25, -0.2) is 0 Å². The number of ether oxygens (including phenoxy) is 1. The number of likely N-dealkylation sites (tertiary alicyclic amines) is 1. The monoisotopic (exact) mass is 284 g/mol. The van der Waals surface area contributed by atoms with Crippen molar-refractivity contribution in [2.24, 2.45) is 5.73 Å². The van der Waals surface area contributed by atoms with Gasteiger partial charge < -0.3 is 10.5 Å². The minimum atomic E-state index is -2.78. The van der Waals surface area contributed by atoms with Gasteiger partial charge in [-0.15, -0.1) is 0 Å². The Hall–Kier alpha value is -1.20. The summed E-state index contributed by atoms with van der Waals surface area (Å²) in [4.78, 5) is 2.34. The molecule has 3 nitrogen and oxygen atoms in total. The first-order chi connectivity index (χ1) is 9.70. The summed E-state index contributed by atoms with van der Waals surface area (Å²) in [7, 11) is 0. The number of hydrogen-bond acceptors (Lipinski definition) is 3. The van der Waals surface area contributed by atoms with Crippen LogP contribution in [0.15, 0.2) is 24.3 Å². The van der Waals surface area contributed by atoms with Crippen LogP contribution in [0.4, 0.5) is 8.78 Å². The lowest BCUT2D eigenvalue weighted by molar-refractivity contribution is -0.0509. The topological polar surface area (TPSA) is 38.5 Å². The molecule has 0 saturated carbocycles. The molecule has 0 spiro atoms. The molecule has 0 aromatic heterocycles. The Balaban J connectivity index is 2.07. The Bertz CT molecular complexity index is 413. The smallest absolute Gasteiger partial charge is 0.387 e. The van der Waals surface area contributed by atoms with E-state index in [1.54, 1.807) is 12.1 Å². The molecule has 20 heavy (non-hydrogen) atoms. The Morgan fingerprint density at radius 1 is 1.30 bits per heavy atom. The summed E-state index contributed by atoms with van der Waals surface area (Å²) in [6.07, 6.45) is 4.46. The molecule has 5 heteroatoms. The summed E-state index contributed by atoms with van der Waals surface area (Å²) in [5, 5.41) is 0. The van der Waals surface area contributed by atoms with Crippen molar-refractivity contribution in [2.75, 3.05) is 13.1 Å². The highest BCUT2D eigenvalue weighted by Gasteiger charge is 2.23. The number of alkyl halides is 2. The standard InChI is InChI=1S/C15H22F2N2O/c16-15(17)20-14-7-2-1-5-12(14)11-19-10-4-3-6-13(19)8-9-18/h1-2,5,7,13,15H,3-4,6,8-11,18H2. The molecule has 0 aliphatic carbocycles. The molecule has 0 radical (unpaired) electrons. The Labute approximate surface area is 118 Å². The van der Waals surface area contributed by atoms with Gasteiger partial charge in [-0.3, -0.25) is 4.90 Å². The van der Waals surface area contributed by atoms with Crippen LogP contribution in [0.25, 0.3) is 0 Å². The predicted octanol–water partition coefficient (Wildman–Crippen LogP) is 2.99. The van der Waals surface area contributed by atoms with Crippen LogP contribution in [0, 0.1) is 0 Å². The van der Waals surface area contributed by atoms with Crippen LogP contribution in [0.2, 0.25) is 0 Å². The lowest BCUT2D eigenvalue weighted by Gasteiger charge is -2.36. The normalized spacial score (nSPS) is 20.3. The number of hydrogen-bond donors (Lipinski definition) is 1. The minimum absolute atomic E-state index is 0.277. The van der Waals surface area contributed by atoms with Crippen LogP contribution >= 0.6 is 0 Å². The lowest BCUT2D eigenvalue weighted by atomic mass is 9.98. The van der Waals surface area contributed by atoms with Crippen molar-refractivity contribution in [2.45, 2.75) is 44.9 Å². The highest BCUT2D eigenvalue weighted by atomic mass is 19.3. The number of halogens is 2. The van der Waals surface area contributed by atoms with E-state index in [4.69, 9.17) is 5.73 Å². The molecular weight excluding hydrogens is 262 g/mol. The fraction of sp³-hybridized carbons (Fsp3) is 0.600. The maximum Gasteiger partial charge on any atom is 0.387 e. The molecule has 1 saturated heterocycles. The van der Waals surface area contributed by atoms with Crippen LogP contribution in [0.1, 0.15) is 31.2 Å². The summed E-state index contributed by atoms with van der Waals surface area (Å²) >= 11 is 0. The number of para-hydroxylation sites is 1. The SMILES string of the molecule is NCCC1CCCCN1Cc1ccccc1OC(F)F. The van der Waals surface area contributed by atoms with Crippen LogP contribution < -0.4 is 10.5 Å². The van der Waals surface area contributed by atoms with Crippen molar-refractivity contribution < 1.29 is 13.5 Å². The van der Waals surface area contributed by atoms with Gasteiger partial charge in [0, 0.05) is 18.2 Å². The quantitative estimate of drug-likeness (QED) is 0.872. The van der Waals surface area contributed by atoms with Crippen molar-refractivity contribution in [1.29, 1.82) is 0 Å². The average molecular weight is 284 g/mol. The summed E-state index contributed by atoms with van der Waals surface area (Å²) in [6, 6.07) is 7.48. The number of nitrogens with two attached hydrogens (primary N) is 1. The van der Waals surface area contributed by atoms with Crippen molar-refractivity contribution >= 4 is 0 Å². The zero-order valence-corrected chi connectivity index (χ0v) is 11.6. The van der Waals surface area contributed by atoms with Crippen molar-refractivity contribution in [3.05, 3.63) is 29.8 Å². The van der Waals surface area contributed by atoms with E-state index in [1.807, 2.05) is 12.1 Å². The maximum absolute atomic E-state index is 12.4. The van der Waals surface area contributed by atoms with Gasteiger partial charge in [0.2, 0.25) is 0 Å². The molecule has 2 rings (SSSR count). The predicted molar refractivity (Wildman–Crippen MR) is 74.8 cm³/mol. The van der Waals surface area contributed by atoms with E-state index in [0.717, 1.165) is 31.4 Å². The molecule has 2 N–H and O–H groups in total. The second-order valence-corrected chi connectivity index (χ2v) is 5.18. The van der Waals surface area contributed by atoms with Crippen LogP contribution in [-0.2, 0) is 6.54 Å². The number of benzene rings is 1. The number of nitrogens with zero attached hydrogens (tertiary/aromatic N) is 1. The van der Waals surface area contributed by atoms with E-state index in [2.05, 4.69) is 9.64 Å². The molecular formula is C15H22F2N2O. The second-order valence-electron chi connectivity index (χ2n) is 5.18. The summed E-state index contributed by atoms with van der Waals surface area (Å²) in [5.74, 6) is 0.277. The fourth-order valence-electron chi connectivity index (χ4n) is 2.85. The second kappa shape index (κ2) is 7.55. The van der Waals surface area contributed by atoms with Crippen LogP contribution in [0.3, 0.4) is 0 Å². The maximum atomic E-state index is 12.4. The summed E-state index contributed by atoms with van der Waals surface area (Å²) in [6.45, 7) is -0.477. The molecule has 1 fully saturated rings. The molecule has 0 bridgehead atoms. The van der Waals surface area contributed by atoms with E-state index >= 15 is 0 Å². The zero-order valence-electron chi connectivity index (χ0n) is 11.6. The molecule has 1 aliphatic heterocycles. The van der Waals surface area contributed by atoms with Crippen molar-refractivity contribution in [1.82, 2.24) is 4.90 Å². The third kappa shape index (κ3) is 4.15. The van der Waals surface area contributed by atoms with Crippen molar-refractivity contribution in [3.63, 3.8) is 0 Å².